The molecule has 2 heterocycles. The molecule has 1 aromatic heterocycles. The van der Waals surface area contributed by atoms with Gasteiger partial charge in [-0.2, -0.15) is 5.10 Å². The number of aromatic amines is 1. The minimum absolute atomic E-state index is 0.0289. The van der Waals surface area contributed by atoms with Gasteiger partial charge >= 0.3 is 0 Å². The molecule has 1 atom stereocenters. The zero-order valence-electron chi connectivity index (χ0n) is 15.6. The number of carbonyl (C=O) groups is 1. The average Bonchev–Trinajstić information content (AvgIpc) is 3.29. The van der Waals surface area contributed by atoms with Crippen LogP contribution in [0.25, 0.3) is 11.3 Å². The van der Waals surface area contributed by atoms with Crippen LogP contribution in [0.5, 0.6) is 0 Å². The summed E-state index contributed by atoms with van der Waals surface area (Å²) in [6, 6.07) is 15.7. The van der Waals surface area contributed by atoms with E-state index in [0.717, 1.165) is 22.4 Å². The van der Waals surface area contributed by atoms with Crippen molar-refractivity contribution in [2.75, 3.05) is 6.54 Å². The predicted molar refractivity (Wildman–Crippen MR) is 108 cm³/mol. The van der Waals surface area contributed by atoms with E-state index < -0.39 is 15.9 Å². The Hall–Kier alpha value is -3.01. The summed E-state index contributed by atoms with van der Waals surface area (Å²) in [6.45, 7) is 1.08. The van der Waals surface area contributed by atoms with Crippen molar-refractivity contribution < 1.29 is 13.2 Å². The van der Waals surface area contributed by atoms with Gasteiger partial charge in [0.15, 0.2) is 0 Å². The van der Waals surface area contributed by atoms with Crippen LogP contribution >= 0.6 is 0 Å². The molecular formula is C20H21N5O3S. The molecule has 4 rings (SSSR count). The summed E-state index contributed by atoms with van der Waals surface area (Å²) in [7, 11) is -3.75. The summed E-state index contributed by atoms with van der Waals surface area (Å²) in [5.74, 6) is -0.426. The third kappa shape index (κ3) is 3.67. The van der Waals surface area contributed by atoms with Crippen molar-refractivity contribution in [1.82, 2.24) is 15.1 Å². The quantitative estimate of drug-likeness (QED) is 0.582. The van der Waals surface area contributed by atoms with E-state index in [-0.39, 0.29) is 17.3 Å². The Morgan fingerprint density at radius 2 is 1.79 bits per heavy atom. The number of benzene rings is 2. The lowest BCUT2D eigenvalue weighted by molar-refractivity contribution is -0.133. The fourth-order valence-corrected chi connectivity index (χ4v) is 4.14. The van der Waals surface area contributed by atoms with Gasteiger partial charge in [0.05, 0.1) is 35.3 Å². The second-order valence-electron chi connectivity index (χ2n) is 6.99. The maximum atomic E-state index is 13.1. The first-order valence-corrected chi connectivity index (χ1v) is 10.7. The molecule has 9 heteroatoms. The van der Waals surface area contributed by atoms with Gasteiger partial charge < -0.3 is 10.6 Å². The highest BCUT2D eigenvalue weighted by atomic mass is 32.2. The van der Waals surface area contributed by atoms with Crippen LogP contribution in [-0.2, 0) is 27.9 Å². The first-order chi connectivity index (χ1) is 13.9. The van der Waals surface area contributed by atoms with Crippen LogP contribution in [0, 0.1) is 0 Å². The van der Waals surface area contributed by atoms with Crippen molar-refractivity contribution in [2.24, 2.45) is 10.9 Å². The molecule has 8 nitrogen and oxygen atoms in total. The Morgan fingerprint density at radius 3 is 2.41 bits per heavy atom. The largest absolute Gasteiger partial charge is 0.332 e. The van der Waals surface area contributed by atoms with E-state index in [2.05, 4.69) is 10.2 Å². The van der Waals surface area contributed by atoms with Crippen LogP contribution in [0.4, 0.5) is 0 Å². The standard InChI is InChI=1S/C20H21N5O3S/c21-10-16(13-4-2-1-3-5-13)20(26)25-11-17-18(12-25)23-24-19(17)14-6-8-15(9-7-14)29(22,27)28/h1-9,16H,10-12,21H2,(H,23,24)(H2,22,27,28). The molecule has 1 amide bonds. The van der Waals surface area contributed by atoms with Gasteiger partial charge in [-0.1, -0.05) is 42.5 Å². The van der Waals surface area contributed by atoms with E-state index in [1.165, 1.54) is 12.1 Å². The summed E-state index contributed by atoms with van der Waals surface area (Å²) in [4.78, 5) is 14.9. The van der Waals surface area contributed by atoms with Crippen molar-refractivity contribution in [2.45, 2.75) is 23.9 Å². The molecule has 0 saturated heterocycles. The van der Waals surface area contributed by atoms with E-state index in [4.69, 9.17) is 10.9 Å². The summed E-state index contributed by atoms with van der Waals surface area (Å²) in [5, 5.41) is 12.5. The number of H-pyrrole nitrogens is 1. The molecule has 0 spiro atoms. The maximum Gasteiger partial charge on any atom is 0.238 e. The summed E-state index contributed by atoms with van der Waals surface area (Å²) in [5.41, 5.74) is 10.0. The monoisotopic (exact) mass is 411 g/mol. The molecule has 3 aromatic rings. The van der Waals surface area contributed by atoms with Crippen LogP contribution in [-0.4, -0.2) is 36.0 Å². The van der Waals surface area contributed by atoms with Crippen molar-refractivity contribution >= 4 is 15.9 Å². The first-order valence-electron chi connectivity index (χ1n) is 9.11. The molecule has 1 aliphatic rings. The number of sulfonamides is 1. The van der Waals surface area contributed by atoms with Gasteiger partial charge in [0.25, 0.3) is 0 Å². The Kier molecular flexibility index (Phi) is 4.95. The van der Waals surface area contributed by atoms with Gasteiger partial charge in [0.1, 0.15) is 0 Å². The Bertz CT molecular complexity index is 1140. The highest BCUT2D eigenvalue weighted by Gasteiger charge is 2.32. The number of fused-ring (bicyclic) bond motifs is 1. The van der Waals surface area contributed by atoms with E-state index in [1.54, 1.807) is 17.0 Å². The minimum Gasteiger partial charge on any atom is -0.332 e. The van der Waals surface area contributed by atoms with Crippen LogP contribution in [0.2, 0.25) is 0 Å². The third-order valence-corrected chi connectivity index (χ3v) is 6.08. The van der Waals surface area contributed by atoms with Gasteiger partial charge in [-0.3, -0.25) is 9.89 Å². The lowest BCUT2D eigenvalue weighted by Gasteiger charge is -2.22. The summed E-state index contributed by atoms with van der Waals surface area (Å²) in [6.07, 6.45) is 0. The van der Waals surface area contributed by atoms with Gasteiger partial charge in [-0.25, -0.2) is 13.6 Å². The number of primary sulfonamides is 1. The lowest BCUT2D eigenvalue weighted by Crippen LogP contribution is -2.34. The summed E-state index contributed by atoms with van der Waals surface area (Å²) < 4.78 is 22.9. The molecule has 0 fully saturated rings. The van der Waals surface area contributed by atoms with Crippen molar-refractivity contribution in [3.63, 3.8) is 0 Å². The predicted octanol–water partition coefficient (Wildman–Crippen LogP) is 1.31. The highest BCUT2D eigenvalue weighted by molar-refractivity contribution is 7.89. The Labute approximate surface area is 168 Å². The van der Waals surface area contributed by atoms with Crippen LogP contribution < -0.4 is 10.9 Å². The number of carbonyl (C=O) groups excluding carboxylic acids is 1. The fraction of sp³-hybridized carbons (Fsp3) is 0.200. The molecule has 0 aliphatic carbocycles. The van der Waals surface area contributed by atoms with Gasteiger partial charge in [0.2, 0.25) is 15.9 Å². The van der Waals surface area contributed by atoms with Crippen LogP contribution in [0.1, 0.15) is 22.7 Å². The Morgan fingerprint density at radius 1 is 1.10 bits per heavy atom. The molecule has 1 aliphatic heterocycles. The second kappa shape index (κ2) is 7.43. The van der Waals surface area contributed by atoms with E-state index >= 15 is 0 Å². The van der Waals surface area contributed by atoms with E-state index in [0.29, 0.717) is 18.8 Å². The molecule has 150 valence electrons. The van der Waals surface area contributed by atoms with Crippen molar-refractivity contribution in [3.05, 3.63) is 71.4 Å². The Balaban J connectivity index is 1.57. The zero-order chi connectivity index (χ0) is 20.6. The normalized spacial score (nSPS) is 14.6. The average molecular weight is 411 g/mol. The summed E-state index contributed by atoms with van der Waals surface area (Å²) >= 11 is 0. The zero-order valence-corrected chi connectivity index (χ0v) is 16.4. The van der Waals surface area contributed by atoms with Crippen molar-refractivity contribution in [3.8, 4) is 11.3 Å². The molecule has 0 radical (unpaired) electrons. The van der Waals surface area contributed by atoms with Gasteiger partial charge in [0, 0.05) is 17.7 Å². The number of hydrogen-bond donors (Lipinski definition) is 3. The van der Waals surface area contributed by atoms with Crippen LogP contribution in [0.3, 0.4) is 0 Å². The number of nitrogens with zero attached hydrogens (tertiary/aromatic N) is 2. The SMILES string of the molecule is NCC(C(=O)N1Cc2[nH]nc(-c3ccc(S(N)(=O)=O)cc3)c2C1)c1ccccc1. The lowest BCUT2D eigenvalue weighted by atomic mass is 9.98. The number of rotatable bonds is 5. The molecule has 29 heavy (non-hydrogen) atoms. The van der Waals surface area contributed by atoms with Gasteiger partial charge in [-0.05, 0) is 17.7 Å². The molecule has 5 N–H and O–H groups in total. The van der Waals surface area contributed by atoms with E-state index in [9.17, 15) is 13.2 Å². The first kappa shape index (κ1) is 19.3. The van der Waals surface area contributed by atoms with Crippen molar-refractivity contribution in [1.29, 1.82) is 0 Å². The smallest absolute Gasteiger partial charge is 0.238 e. The maximum absolute atomic E-state index is 13.1. The highest BCUT2D eigenvalue weighted by Crippen LogP contribution is 2.32. The van der Waals surface area contributed by atoms with Gasteiger partial charge in [-0.15, -0.1) is 0 Å². The van der Waals surface area contributed by atoms with E-state index in [1.807, 2.05) is 30.3 Å². The molecule has 1 unspecified atom stereocenters. The third-order valence-electron chi connectivity index (χ3n) is 5.15. The topological polar surface area (TPSA) is 135 Å². The number of hydrogen-bond acceptors (Lipinski definition) is 5. The number of nitrogens with one attached hydrogen (secondary N) is 1. The number of aromatic nitrogens is 2. The molecule has 2 aromatic carbocycles. The van der Waals surface area contributed by atoms with Crippen LogP contribution in [0.15, 0.2) is 59.5 Å². The number of nitrogens with two attached hydrogens (primary N) is 2. The fourth-order valence-electron chi connectivity index (χ4n) is 3.62. The minimum atomic E-state index is -3.75. The second-order valence-corrected chi connectivity index (χ2v) is 8.55. The molecule has 0 bridgehead atoms. The molecule has 0 saturated carbocycles. The number of amides is 1. The molecular weight excluding hydrogens is 390 g/mol.